The summed E-state index contributed by atoms with van der Waals surface area (Å²) in [6.45, 7) is 2.44. The lowest BCUT2D eigenvalue weighted by Gasteiger charge is -2.25. The third-order valence-corrected chi connectivity index (χ3v) is 7.92. The molecule has 0 aliphatic heterocycles. The molecule has 1 amide bonds. The lowest BCUT2D eigenvalue weighted by molar-refractivity contribution is 0.0951. The van der Waals surface area contributed by atoms with Crippen LogP contribution in [0.1, 0.15) is 105 Å². The molecule has 0 bridgehead atoms. The molecule has 0 atom stereocenters. The largest absolute Gasteiger partial charge is 0.351 e. The molecule has 2 N–H and O–H groups in total. The van der Waals surface area contributed by atoms with Gasteiger partial charge in [0.05, 0.1) is 5.69 Å². The molecule has 2 aliphatic rings. The molecule has 7 heteroatoms. The van der Waals surface area contributed by atoms with Gasteiger partial charge in [-0.25, -0.2) is 0 Å². The Bertz CT molecular complexity index is 1250. The SMILES string of the molecule is CCNC(=O)c1cc2c(-c3c(C4CCCCC4)nn(C)c3C3CCCCC3)cn(C)c(=O)c2[nH]1. The molecule has 0 unspecified atom stereocenters. The van der Waals surface area contributed by atoms with E-state index in [1.165, 1.54) is 81.2 Å². The minimum Gasteiger partial charge on any atom is -0.351 e. The smallest absolute Gasteiger partial charge is 0.274 e. The molecule has 7 nitrogen and oxygen atoms in total. The highest BCUT2D eigenvalue weighted by atomic mass is 16.2. The molecule has 34 heavy (non-hydrogen) atoms. The van der Waals surface area contributed by atoms with Gasteiger partial charge in [-0.05, 0) is 38.7 Å². The van der Waals surface area contributed by atoms with Gasteiger partial charge < -0.3 is 14.9 Å². The third-order valence-electron chi connectivity index (χ3n) is 7.92. The summed E-state index contributed by atoms with van der Waals surface area (Å²) >= 11 is 0. The average Bonchev–Trinajstić information content (AvgIpc) is 3.45. The zero-order valence-corrected chi connectivity index (χ0v) is 20.7. The van der Waals surface area contributed by atoms with Crippen LogP contribution in [-0.4, -0.2) is 31.8 Å². The summed E-state index contributed by atoms with van der Waals surface area (Å²) in [5, 5.41) is 8.83. The van der Waals surface area contributed by atoms with E-state index < -0.39 is 0 Å². The summed E-state index contributed by atoms with van der Waals surface area (Å²) in [4.78, 5) is 28.8. The van der Waals surface area contributed by atoms with E-state index in [0.29, 0.717) is 29.6 Å². The van der Waals surface area contributed by atoms with E-state index in [1.54, 1.807) is 11.6 Å². The second-order valence-electron chi connectivity index (χ2n) is 10.2. The summed E-state index contributed by atoms with van der Waals surface area (Å²) in [6, 6.07) is 1.86. The molecule has 0 saturated heterocycles. The zero-order valence-electron chi connectivity index (χ0n) is 20.7. The number of pyridine rings is 1. The van der Waals surface area contributed by atoms with Crippen LogP contribution in [0.5, 0.6) is 0 Å². The first kappa shape index (κ1) is 22.9. The normalized spacial score (nSPS) is 18.0. The monoisotopic (exact) mass is 463 g/mol. The highest BCUT2D eigenvalue weighted by molar-refractivity contribution is 6.03. The van der Waals surface area contributed by atoms with Crippen molar-refractivity contribution in [2.45, 2.75) is 83.0 Å². The van der Waals surface area contributed by atoms with Crippen molar-refractivity contribution in [2.75, 3.05) is 6.54 Å². The number of rotatable bonds is 5. The Hall–Kier alpha value is -2.83. The van der Waals surface area contributed by atoms with Gasteiger partial charge in [-0.3, -0.25) is 14.3 Å². The van der Waals surface area contributed by atoms with Crippen LogP contribution in [0.15, 0.2) is 17.1 Å². The number of aromatic nitrogens is 4. The fourth-order valence-electron chi connectivity index (χ4n) is 6.25. The van der Waals surface area contributed by atoms with Crippen molar-refractivity contribution in [1.82, 2.24) is 24.6 Å². The Labute approximate surface area is 200 Å². The van der Waals surface area contributed by atoms with Crippen molar-refractivity contribution in [1.29, 1.82) is 0 Å². The van der Waals surface area contributed by atoms with E-state index >= 15 is 0 Å². The van der Waals surface area contributed by atoms with Gasteiger partial charge in [0.1, 0.15) is 11.2 Å². The molecule has 3 aromatic heterocycles. The van der Waals surface area contributed by atoms with E-state index in [9.17, 15) is 9.59 Å². The number of nitrogens with one attached hydrogen (secondary N) is 2. The molecule has 3 aromatic rings. The third kappa shape index (κ3) is 3.99. The van der Waals surface area contributed by atoms with E-state index in [-0.39, 0.29) is 11.5 Å². The summed E-state index contributed by atoms with van der Waals surface area (Å²) in [7, 11) is 3.89. The van der Waals surface area contributed by atoms with Crippen LogP contribution in [0.3, 0.4) is 0 Å². The number of nitrogens with zero attached hydrogens (tertiary/aromatic N) is 3. The molecule has 2 aliphatic carbocycles. The Kier molecular flexibility index (Phi) is 6.36. The lowest BCUT2D eigenvalue weighted by atomic mass is 9.80. The Morgan fingerprint density at radius 2 is 1.71 bits per heavy atom. The van der Waals surface area contributed by atoms with Gasteiger partial charge >= 0.3 is 0 Å². The summed E-state index contributed by atoms with van der Waals surface area (Å²) < 4.78 is 3.78. The Morgan fingerprint density at radius 1 is 1.06 bits per heavy atom. The number of amides is 1. The average molecular weight is 464 g/mol. The van der Waals surface area contributed by atoms with Crippen molar-refractivity contribution < 1.29 is 4.79 Å². The molecule has 0 spiro atoms. The van der Waals surface area contributed by atoms with Crippen molar-refractivity contribution in [2.24, 2.45) is 14.1 Å². The second kappa shape index (κ2) is 9.43. The van der Waals surface area contributed by atoms with Crippen LogP contribution in [-0.2, 0) is 14.1 Å². The van der Waals surface area contributed by atoms with Gasteiger partial charge in [-0.2, -0.15) is 5.10 Å². The Balaban J connectivity index is 1.76. The Morgan fingerprint density at radius 3 is 2.35 bits per heavy atom. The van der Waals surface area contributed by atoms with Crippen LogP contribution >= 0.6 is 0 Å². The number of hydrogen-bond donors (Lipinski definition) is 2. The molecule has 3 heterocycles. The van der Waals surface area contributed by atoms with Gasteiger partial charge in [-0.1, -0.05) is 38.5 Å². The zero-order chi connectivity index (χ0) is 23.8. The number of carbonyl (C=O) groups is 1. The van der Waals surface area contributed by atoms with Gasteiger partial charge in [0.15, 0.2) is 0 Å². The minimum atomic E-state index is -0.183. The number of H-pyrrole nitrogens is 1. The summed E-state index contributed by atoms with van der Waals surface area (Å²) in [5.74, 6) is 0.743. The van der Waals surface area contributed by atoms with Crippen LogP contribution in [0.2, 0.25) is 0 Å². The van der Waals surface area contributed by atoms with Gasteiger partial charge in [-0.15, -0.1) is 0 Å². The maximum absolute atomic E-state index is 13.1. The number of fused-ring (bicyclic) bond motifs is 1. The summed E-state index contributed by atoms with van der Waals surface area (Å²) in [6.07, 6.45) is 14.3. The number of carbonyl (C=O) groups excluding carboxylic acids is 1. The standard InChI is InChI=1S/C27H37N5O2/c1-4-28-26(33)21-15-19-20(16-31(2)27(34)24(19)29-21)22-23(17-11-7-5-8-12-17)30-32(3)25(22)18-13-9-6-10-14-18/h15-18,29H,4-14H2,1-3H3,(H,28,33). The van der Waals surface area contributed by atoms with E-state index in [4.69, 9.17) is 5.10 Å². The van der Waals surface area contributed by atoms with Crippen LogP contribution in [0.25, 0.3) is 22.0 Å². The van der Waals surface area contributed by atoms with Gasteiger partial charge in [0, 0.05) is 60.9 Å². The highest BCUT2D eigenvalue weighted by Crippen LogP contribution is 2.45. The van der Waals surface area contributed by atoms with Crippen molar-refractivity contribution in [3.05, 3.63) is 39.7 Å². The first-order valence-electron chi connectivity index (χ1n) is 13.1. The molecule has 182 valence electrons. The molecule has 2 fully saturated rings. The quantitative estimate of drug-likeness (QED) is 0.551. The molecule has 0 radical (unpaired) electrons. The van der Waals surface area contributed by atoms with Gasteiger partial charge in [0.25, 0.3) is 11.5 Å². The molecular formula is C27H37N5O2. The fraction of sp³-hybridized carbons (Fsp3) is 0.593. The van der Waals surface area contributed by atoms with E-state index in [2.05, 4.69) is 22.0 Å². The second-order valence-corrected chi connectivity index (χ2v) is 10.2. The predicted molar refractivity (Wildman–Crippen MR) is 135 cm³/mol. The minimum absolute atomic E-state index is 0.114. The molecule has 0 aromatic carbocycles. The molecule has 2 saturated carbocycles. The van der Waals surface area contributed by atoms with Crippen LogP contribution in [0.4, 0.5) is 0 Å². The van der Waals surface area contributed by atoms with Crippen molar-refractivity contribution in [3.63, 3.8) is 0 Å². The van der Waals surface area contributed by atoms with E-state index in [1.807, 2.05) is 19.2 Å². The molecule has 5 rings (SSSR count). The highest BCUT2D eigenvalue weighted by Gasteiger charge is 2.31. The van der Waals surface area contributed by atoms with E-state index in [0.717, 1.165) is 10.9 Å². The van der Waals surface area contributed by atoms with Gasteiger partial charge in [0.2, 0.25) is 0 Å². The summed E-state index contributed by atoms with van der Waals surface area (Å²) in [5.41, 5.74) is 5.54. The number of aryl methyl sites for hydroxylation is 2. The fourth-order valence-corrected chi connectivity index (χ4v) is 6.25. The maximum atomic E-state index is 13.1. The number of aromatic amines is 1. The maximum Gasteiger partial charge on any atom is 0.274 e. The van der Waals surface area contributed by atoms with Crippen LogP contribution in [0, 0.1) is 0 Å². The number of hydrogen-bond acceptors (Lipinski definition) is 3. The van der Waals surface area contributed by atoms with Crippen molar-refractivity contribution in [3.8, 4) is 11.1 Å². The van der Waals surface area contributed by atoms with Crippen molar-refractivity contribution >= 4 is 16.8 Å². The first-order chi connectivity index (χ1) is 16.5. The van der Waals surface area contributed by atoms with Crippen LogP contribution < -0.4 is 10.9 Å². The topological polar surface area (TPSA) is 84.7 Å². The lowest BCUT2D eigenvalue weighted by Crippen LogP contribution is -2.23. The molecular weight excluding hydrogens is 426 g/mol. The predicted octanol–water partition coefficient (Wildman–Crippen LogP) is 5.11. The first-order valence-corrected chi connectivity index (χ1v) is 13.1.